The molecule has 2 saturated carbocycles. The van der Waals surface area contributed by atoms with E-state index in [1.54, 1.807) is 0 Å². The first-order valence-electron chi connectivity index (χ1n) is 8.28. The molecule has 0 radical (unpaired) electrons. The van der Waals surface area contributed by atoms with Crippen LogP contribution >= 0.6 is 0 Å². The van der Waals surface area contributed by atoms with Crippen LogP contribution in [0.2, 0.25) is 0 Å². The van der Waals surface area contributed by atoms with E-state index in [4.69, 9.17) is 18.9 Å². The number of rotatable bonds is 8. The molecule has 1 aliphatic heterocycles. The normalized spacial score (nSPS) is 33.3. The topological polar surface area (TPSA) is 112 Å². The lowest BCUT2D eigenvalue weighted by Gasteiger charge is -2.27. The molecule has 3 fully saturated rings. The smallest absolute Gasteiger partial charge is 0.344 e. The summed E-state index contributed by atoms with van der Waals surface area (Å²) in [5.74, 6) is -2.36. The molecular weight excluding hydrogens is 342 g/mol. The fourth-order valence-corrected chi connectivity index (χ4v) is 4.02. The van der Waals surface area contributed by atoms with Crippen LogP contribution in [-0.2, 0) is 33.3 Å². The number of hydrogen-bond acceptors (Lipinski definition) is 8. The van der Waals surface area contributed by atoms with E-state index in [2.05, 4.69) is 19.2 Å². The van der Waals surface area contributed by atoms with E-state index < -0.39 is 42.1 Å². The average Bonchev–Trinajstić information content (AvgIpc) is 3.21. The fourth-order valence-electron chi connectivity index (χ4n) is 4.02. The largest absolute Gasteiger partial charge is 0.457 e. The Hall–Kier alpha value is -2.66. The first-order valence-corrected chi connectivity index (χ1v) is 8.28. The van der Waals surface area contributed by atoms with Gasteiger partial charge in [0, 0.05) is 11.8 Å². The summed E-state index contributed by atoms with van der Waals surface area (Å²) in [7, 11) is 0. The van der Waals surface area contributed by atoms with Crippen LogP contribution in [0, 0.1) is 28.6 Å². The zero-order valence-corrected chi connectivity index (χ0v) is 14.1. The minimum atomic E-state index is -1.09. The number of nitrogens with zero attached hydrogens (tertiary/aromatic N) is 1. The molecule has 3 aliphatic rings. The number of esters is 3. The Labute approximate surface area is 150 Å². The molecule has 0 aromatic rings. The number of carbonyl (C=O) groups is 3. The van der Waals surface area contributed by atoms with Gasteiger partial charge in [0.1, 0.15) is 12.2 Å². The number of fused-ring (bicyclic) bond motifs is 1. The van der Waals surface area contributed by atoms with Crippen LogP contribution in [0.5, 0.6) is 0 Å². The molecule has 0 amide bonds. The highest BCUT2D eigenvalue weighted by molar-refractivity contribution is 5.89. The Morgan fingerprint density at radius 1 is 1.42 bits per heavy atom. The third kappa shape index (κ3) is 2.88. The van der Waals surface area contributed by atoms with Crippen molar-refractivity contribution in [2.45, 2.75) is 25.0 Å². The first-order chi connectivity index (χ1) is 12.4. The number of nitriles is 1. The Morgan fingerprint density at radius 3 is 2.88 bits per heavy atom. The summed E-state index contributed by atoms with van der Waals surface area (Å²) in [4.78, 5) is 35.7. The summed E-state index contributed by atoms with van der Waals surface area (Å²) >= 11 is 0. The van der Waals surface area contributed by atoms with Crippen molar-refractivity contribution in [1.29, 1.82) is 5.26 Å². The third-order valence-corrected chi connectivity index (χ3v) is 5.16. The second-order valence-electron chi connectivity index (χ2n) is 6.70. The molecule has 1 saturated heterocycles. The SMILES string of the molecule is C=CCOCC(=C)C(=O)OCC(=O)OC1C2CC3C1OC(=O)C3(C#N)C2. The summed E-state index contributed by atoms with van der Waals surface area (Å²) in [6.07, 6.45) is 1.28. The van der Waals surface area contributed by atoms with Gasteiger partial charge in [-0.05, 0) is 12.8 Å². The molecule has 2 bridgehead atoms. The minimum absolute atomic E-state index is 0.0272. The van der Waals surface area contributed by atoms with Crippen molar-refractivity contribution in [3.63, 3.8) is 0 Å². The highest BCUT2D eigenvalue weighted by Gasteiger charge is 2.72. The second-order valence-corrected chi connectivity index (χ2v) is 6.70. The lowest BCUT2D eigenvalue weighted by molar-refractivity contribution is -0.168. The van der Waals surface area contributed by atoms with Gasteiger partial charge in [0.25, 0.3) is 0 Å². The van der Waals surface area contributed by atoms with E-state index in [1.165, 1.54) is 6.08 Å². The molecule has 0 spiro atoms. The molecule has 8 heteroatoms. The van der Waals surface area contributed by atoms with Gasteiger partial charge in [-0.25, -0.2) is 9.59 Å². The molecular formula is C18H19NO7. The summed E-state index contributed by atoms with van der Waals surface area (Å²) in [5, 5.41) is 9.34. The van der Waals surface area contributed by atoms with Gasteiger partial charge < -0.3 is 18.9 Å². The maximum atomic E-state index is 12.0. The molecule has 138 valence electrons. The van der Waals surface area contributed by atoms with Crippen molar-refractivity contribution < 1.29 is 33.3 Å². The fraction of sp³-hybridized carbons (Fsp3) is 0.556. The predicted molar refractivity (Wildman–Crippen MR) is 85.1 cm³/mol. The number of hydrogen-bond donors (Lipinski definition) is 0. The monoisotopic (exact) mass is 361 g/mol. The lowest BCUT2D eigenvalue weighted by Crippen LogP contribution is -2.40. The van der Waals surface area contributed by atoms with Gasteiger partial charge in [-0.2, -0.15) is 5.26 Å². The third-order valence-electron chi connectivity index (χ3n) is 5.16. The minimum Gasteiger partial charge on any atom is -0.457 e. The van der Waals surface area contributed by atoms with Gasteiger partial charge >= 0.3 is 17.9 Å². The number of carbonyl (C=O) groups excluding carboxylic acids is 3. The Kier molecular flexibility index (Phi) is 4.83. The van der Waals surface area contributed by atoms with Crippen molar-refractivity contribution >= 4 is 17.9 Å². The highest BCUT2D eigenvalue weighted by Crippen LogP contribution is 2.62. The van der Waals surface area contributed by atoms with Crippen molar-refractivity contribution in [2.24, 2.45) is 17.3 Å². The van der Waals surface area contributed by atoms with Crippen LogP contribution in [0.4, 0.5) is 0 Å². The molecule has 8 nitrogen and oxygen atoms in total. The number of ether oxygens (including phenoxy) is 4. The van der Waals surface area contributed by atoms with Crippen LogP contribution in [0.1, 0.15) is 12.8 Å². The van der Waals surface area contributed by atoms with Crippen LogP contribution in [0.15, 0.2) is 24.8 Å². The van der Waals surface area contributed by atoms with Gasteiger partial charge in [0.15, 0.2) is 12.0 Å². The van der Waals surface area contributed by atoms with E-state index in [0.717, 1.165) is 0 Å². The summed E-state index contributed by atoms with van der Waals surface area (Å²) in [5.41, 5.74) is -1.02. The molecule has 5 unspecified atom stereocenters. The van der Waals surface area contributed by atoms with E-state index in [9.17, 15) is 19.6 Å². The van der Waals surface area contributed by atoms with Crippen LogP contribution in [-0.4, -0.2) is 49.9 Å². The predicted octanol–water partition coefficient (Wildman–Crippen LogP) is 0.675. The molecule has 2 aliphatic carbocycles. The quantitative estimate of drug-likeness (QED) is 0.204. The molecule has 26 heavy (non-hydrogen) atoms. The van der Waals surface area contributed by atoms with Crippen LogP contribution < -0.4 is 0 Å². The maximum absolute atomic E-state index is 12.0. The van der Waals surface area contributed by atoms with Crippen molar-refractivity contribution in [3.8, 4) is 6.07 Å². The van der Waals surface area contributed by atoms with Crippen molar-refractivity contribution in [2.75, 3.05) is 19.8 Å². The van der Waals surface area contributed by atoms with Crippen molar-refractivity contribution in [3.05, 3.63) is 24.8 Å². The van der Waals surface area contributed by atoms with E-state index in [-0.39, 0.29) is 30.6 Å². The van der Waals surface area contributed by atoms with Crippen molar-refractivity contribution in [1.82, 2.24) is 0 Å². The first kappa shape index (κ1) is 18.1. The molecule has 3 rings (SSSR count). The summed E-state index contributed by atoms with van der Waals surface area (Å²) in [6.45, 7) is 6.66. The zero-order valence-electron chi connectivity index (χ0n) is 14.1. The van der Waals surface area contributed by atoms with Gasteiger partial charge in [0.2, 0.25) is 0 Å². The molecule has 0 aromatic heterocycles. The molecule has 5 atom stereocenters. The van der Waals surface area contributed by atoms with Crippen LogP contribution in [0.25, 0.3) is 0 Å². The Morgan fingerprint density at radius 2 is 2.19 bits per heavy atom. The maximum Gasteiger partial charge on any atom is 0.344 e. The molecule has 0 N–H and O–H groups in total. The Balaban J connectivity index is 1.48. The average molecular weight is 361 g/mol. The van der Waals surface area contributed by atoms with E-state index >= 15 is 0 Å². The van der Waals surface area contributed by atoms with Gasteiger partial charge in [0.05, 0.1) is 24.9 Å². The highest BCUT2D eigenvalue weighted by atomic mass is 16.6. The van der Waals surface area contributed by atoms with Gasteiger partial charge in [-0.15, -0.1) is 6.58 Å². The van der Waals surface area contributed by atoms with Gasteiger partial charge in [-0.3, -0.25) is 4.79 Å². The van der Waals surface area contributed by atoms with Crippen LogP contribution in [0.3, 0.4) is 0 Å². The van der Waals surface area contributed by atoms with E-state index in [0.29, 0.717) is 12.8 Å². The molecule has 0 aromatic carbocycles. The molecule has 1 heterocycles. The lowest BCUT2D eigenvalue weighted by atomic mass is 9.75. The van der Waals surface area contributed by atoms with E-state index in [1.807, 2.05) is 0 Å². The van der Waals surface area contributed by atoms with Gasteiger partial charge in [-0.1, -0.05) is 12.7 Å². The second kappa shape index (κ2) is 6.92. The standard InChI is InChI=1S/C18H19NO7/c1-3-4-23-7-10(2)16(21)24-8-13(20)25-14-11-5-12-15(14)26-17(22)18(12,6-11)9-19/h3,11-12,14-15H,1-2,4-8H2. The summed E-state index contributed by atoms with van der Waals surface area (Å²) < 4.78 is 20.6. The summed E-state index contributed by atoms with van der Waals surface area (Å²) in [6, 6.07) is 2.09. The Bertz CT molecular complexity index is 709. The zero-order chi connectivity index (χ0) is 18.9.